The average molecular weight is 511 g/mol. The van der Waals surface area contributed by atoms with Gasteiger partial charge in [-0.1, -0.05) is 63.9 Å². The largest absolute Gasteiger partial charge is 0.372 e. The Bertz CT molecular complexity index is 830. The number of benzene rings is 1. The third-order valence-electron chi connectivity index (χ3n) is 8.54. The Morgan fingerprint density at radius 3 is 2.56 bits per heavy atom. The van der Waals surface area contributed by atoms with Gasteiger partial charge in [-0.15, -0.1) is 0 Å². The first-order valence-corrected chi connectivity index (χ1v) is 15.3. The van der Waals surface area contributed by atoms with Gasteiger partial charge < -0.3 is 15.1 Å². The van der Waals surface area contributed by atoms with Gasteiger partial charge in [0.25, 0.3) is 0 Å². The molecule has 1 aromatic rings. The number of hydrogen-bond acceptors (Lipinski definition) is 3. The van der Waals surface area contributed by atoms with E-state index in [1.54, 1.807) is 0 Å². The zero-order valence-electron chi connectivity index (χ0n) is 23.1. The van der Waals surface area contributed by atoms with E-state index in [0.29, 0.717) is 12.1 Å². The van der Waals surface area contributed by atoms with E-state index < -0.39 is 0 Å². The molecule has 2 heterocycles. The van der Waals surface area contributed by atoms with Crippen LogP contribution in [0.15, 0.2) is 35.3 Å². The highest BCUT2D eigenvalue weighted by Gasteiger charge is 2.35. The summed E-state index contributed by atoms with van der Waals surface area (Å²) in [4.78, 5) is 10.1. The Labute approximate surface area is 226 Å². The van der Waals surface area contributed by atoms with Crippen LogP contribution in [0.5, 0.6) is 0 Å². The first kappa shape index (κ1) is 27.4. The van der Waals surface area contributed by atoms with Crippen molar-refractivity contribution < 1.29 is 0 Å². The fourth-order valence-electron chi connectivity index (χ4n) is 6.37. The molecule has 1 aromatic carbocycles. The predicted octanol–water partition coefficient (Wildman–Crippen LogP) is 6.69. The van der Waals surface area contributed by atoms with E-state index in [9.17, 15) is 0 Å². The second-order valence-corrected chi connectivity index (χ2v) is 12.6. The van der Waals surface area contributed by atoms with Crippen molar-refractivity contribution in [2.45, 2.75) is 103 Å². The molecule has 0 radical (unpaired) electrons. The van der Waals surface area contributed by atoms with Crippen molar-refractivity contribution in [2.24, 2.45) is 22.7 Å². The summed E-state index contributed by atoms with van der Waals surface area (Å²) >= 11 is 6.05. The molecule has 4 rings (SSSR count). The number of aryl methyl sites for hydroxylation is 1. The molecule has 5 heteroatoms. The molecule has 0 spiro atoms. The minimum absolute atomic E-state index is 0.459. The lowest BCUT2D eigenvalue weighted by Crippen LogP contribution is -2.40. The van der Waals surface area contributed by atoms with E-state index in [4.69, 9.17) is 17.2 Å². The highest BCUT2D eigenvalue weighted by molar-refractivity contribution is 7.80. The predicted molar refractivity (Wildman–Crippen MR) is 158 cm³/mol. The van der Waals surface area contributed by atoms with Crippen LogP contribution in [0.4, 0.5) is 0 Å². The Hall–Kier alpha value is -1.62. The number of thiocarbonyl (C=S) groups is 1. The van der Waals surface area contributed by atoms with Crippen LogP contribution in [0.1, 0.15) is 90.5 Å². The number of unbranched alkanes of at least 4 members (excludes halogenated alkanes) is 1. The minimum atomic E-state index is 0.459. The molecule has 0 amide bonds. The molecule has 2 atom stereocenters. The zero-order chi connectivity index (χ0) is 25.3. The first-order chi connectivity index (χ1) is 17.5. The van der Waals surface area contributed by atoms with Crippen LogP contribution >= 0.6 is 12.2 Å². The fourth-order valence-corrected chi connectivity index (χ4v) is 6.76. The molecule has 3 aliphatic rings. The molecular weight excluding hydrogens is 460 g/mol. The third-order valence-corrected chi connectivity index (χ3v) is 9.03. The summed E-state index contributed by atoms with van der Waals surface area (Å²) in [7, 11) is 0. The van der Waals surface area contributed by atoms with Crippen LogP contribution in [0.25, 0.3) is 0 Å². The molecule has 1 aliphatic carbocycles. The monoisotopic (exact) mass is 510 g/mol. The van der Waals surface area contributed by atoms with E-state index in [2.05, 4.69) is 66.2 Å². The second-order valence-electron chi connectivity index (χ2n) is 12.2. The van der Waals surface area contributed by atoms with Gasteiger partial charge in [0, 0.05) is 38.6 Å². The van der Waals surface area contributed by atoms with Gasteiger partial charge >= 0.3 is 0 Å². The molecule has 200 valence electrons. The van der Waals surface area contributed by atoms with Crippen molar-refractivity contribution in [3.63, 3.8) is 0 Å². The van der Waals surface area contributed by atoms with Gasteiger partial charge in [-0.3, -0.25) is 4.99 Å². The van der Waals surface area contributed by atoms with Crippen molar-refractivity contribution in [2.75, 3.05) is 26.2 Å². The van der Waals surface area contributed by atoms with Crippen LogP contribution in [0, 0.1) is 17.8 Å². The number of hydrogen-bond donors (Lipinski definition) is 1. The van der Waals surface area contributed by atoms with Crippen molar-refractivity contribution in [3.05, 3.63) is 35.9 Å². The topological polar surface area (TPSA) is 30.9 Å². The Morgan fingerprint density at radius 2 is 1.81 bits per heavy atom. The zero-order valence-corrected chi connectivity index (χ0v) is 23.9. The normalized spacial score (nSPS) is 26.6. The highest BCUT2D eigenvalue weighted by Crippen LogP contribution is 2.32. The second kappa shape index (κ2) is 13.8. The maximum Gasteiger partial charge on any atom is 0.171 e. The molecule has 0 unspecified atom stereocenters. The smallest absolute Gasteiger partial charge is 0.171 e. The lowest BCUT2D eigenvalue weighted by atomic mass is 9.82. The number of amidine groups is 1. The van der Waals surface area contributed by atoms with Gasteiger partial charge in [0.15, 0.2) is 5.11 Å². The summed E-state index contributed by atoms with van der Waals surface area (Å²) in [6.07, 6.45) is 13.9. The molecular formula is C31H50N4S. The number of aliphatic imine (C=N–C) groups is 1. The lowest BCUT2D eigenvalue weighted by Gasteiger charge is -2.33. The van der Waals surface area contributed by atoms with Crippen LogP contribution in [0.3, 0.4) is 0 Å². The van der Waals surface area contributed by atoms with Crippen molar-refractivity contribution in [3.8, 4) is 0 Å². The van der Waals surface area contributed by atoms with E-state index in [-0.39, 0.29) is 0 Å². The summed E-state index contributed by atoms with van der Waals surface area (Å²) < 4.78 is 0. The molecule has 1 saturated carbocycles. The number of rotatable bonds is 13. The van der Waals surface area contributed by atoms with Gasteiger partial charge in [0.1, 0.15) is 0 Å². The standard InChI is InChI=1S/C31H50N4S/c1-24(2)20-29-23-34(31(36)35(29)22-27-17-15-25(3)16-18-27)19-8-7-13-28-21-32-30(33-28)14-9-12-26-10-5-4-6-11-26/h4-6,10-11,24-25,27-29H,7-9,12-23H2,1-3H3,(H,32,33)/t25?,27?,28-,29+/m0/s1. The summed E-state index contributed by atoms with van der Waals surface area (Å²) in [5.74, 6) is 3.70. The lowest BCUT2D eigenvalue weighted by molar-refractivity contribution is 0.210. The van der Waals surface area contributed by atoms with E-state index >= 15 is 0 Å². The van der Waals surface area contributed by atoms with Gasteiger partial charge in [-0.05, 0) is 86.9 Å². The van der Waals surface area contributed by atoms with E-state index in [1.807, 2.05) is 0 Å². The number of nitrogens with zero attached hydrogens (tertiary/aromatic N) is 3. The van der Waals surface area contributed by atoms with Gasteiger partial charge in [0.05, 0.1) is 11.9 Å². The third kappa shape index (κ3) is 8.19. The van der Waals surface area contributed by atoms with Crippen LogP contribution in [0.2, 0.25) is 0 Å². The molecule has 2 aliphatic heterocycles. The molecule has 0 aromatic heterocycles. The van der Waals surface area contributed by atoms with Crippen molar-refractivity contribution in [1.82, 2.24) is 15.1 Å². The maximum absolute atomic E-state index is 6.05. The Morgan fingerprint density at radius 1 is 1.03 bits per heavy atom. The van der Waals surface area contributed by atoms with Crippen molar-refractivity contribution in [1.29, 1.82) is 0 Å². The van der Waals surface area contributed by atoms with Crippen LogP contribution < -0.4 is 5.32 Å². The summed E-state index contributed by atoms with van der Waals surface area (Å²) in [6.45, 7) is 11.6. The number of nitrogens with one attached hydrogen (secondary N) is 1. The summed E-state index contributed by atoms with van der Waals surface area (Å²) in [5.41, 5.74) is 1.43. The quantitative estimate of drug-likeness (QED) is 0.236. The molecule has 2 fully saturated rings. The highest BCUT2D eigenvalue weighted by atomic mass is 32.1. The first-order valence-electron chi connectivity index (χ1n) is 14.9. The Balaban J connectivity index is 1.16. The van der Waals surface area contributed by atoms with Crippen LogP contribution in [-0.4, -0.2) is 59.0 Å². The molecule has 0 bridgehead atoms. The SMILES string of the molecule is CC(C)C[C@@H]1CN(CCCC[C@H]2CNC(CCCc3ccccc3)=N2)C(=S)N1CC1CCC(C)CC1. The van der Waals surface area contributed by atoms with E-state index in [0.717, 1.165) is 55.3 Å². The molecule has 1 N–H and O–H groups in total. The molecule has 36 heavy (non-hydrogen) atoms. The van der Waals surface area contributed by atoms with Gasteiger partial charge in [0.2, 0.25) is 0 Å². The maximum atomic E-state index is 6.05. The molecule has 4 nitrogen and oxygen atoms in total. The fraction of sp³-hybridized carbons (Fsp3) is 0.742. The average Bonchev–Trinajstić information content (AvgIpc) is 3.43. The summed E-state index contributed by atoms with van der Waals surface area (Å²) in [6, 6.07) is 11.9. The van der Waals surface area contributed by atoms with E-state index in [1.165, 1.54) is 75.7 Å². The summed E-state index contributed by atoms with van der Waals surface area (Å²) in [5, 5.41) is 4.70. The van der Waals surface area contributed by atoms with Crippen molar-refractivity contribution >= 4 is 23.2 Å². The molecule has 1 saturated heterocycles. The Kier molecular flexibility index (Phi) is 10.5. The van der Waals surface area contributed by atoms with Crippen LogP contribution in [-0.2, 0) is 6.42 Å². The van der Waals surface area contributed by atoms with Gasteiger partial charge in [-0.25, -0.2) is 0 Å². The minimum Gasteiger partial charge on any atom is -0.372 e. The van der Waals surface area contributed by atoms with Gasteiger partial charge in [-0.2, -0.15) is 0 Å².